The first kappa shape index (κ1) is 24.4. The van der Waals surface area contributed by atoms with Crippen molar-refractivity contribution in [1.29, 1.82) is 5.26 Å². The van der Waals surface area contributed by atoms with E-state index in [4.69, 9.17) is 21.7 Å². The van der Waals surface area contributed by atoms with Crippen molar-refractivity contribution in [2.75, 3.05) is 18.2 Å². The maximum atomic E-state index is 12.2. The van der Waals surface area contributed by atoms with Crippen molar-refractivity contribution in [1.82, 2.24) is 10.3 Å². The molecule has 4 N–H and O–H groups in total. The van der Waals surface area contributed by atoms with E-state index in [9.17, 15) is 4.79 Å². The summed E-state index contributed by atoms with van der Waals surface area (Å²) in [5.41, 5.74) is 8.18. The van der Waals surface area contributed by atoms with Crippen LogP contribution in [0.5, 0.6) is 0 Å². The first-order valence-electron chi connectivity index (χ1n) is 8.93. The molecule has 2 heterocycles. The van der Waals surface area contributed by atoms with Gasteiger partial charge in [0, 0.05) is 22.5 Å². The van der Waals surface area contributed by atoms with Gasteiger partial charge < -0.3 is 21.2 Å². The largest absolute Gasteiger partial charge is 0.371 e. The summed E-state index contributed by atoms with van der Waals surface area (Å²) in [5.74, 6) is 0.573. The molecule has 2 aromatic carbocycles. The molecule has 160 valence electrons. The van der Waals surface area contributed by atoms with Crippen LogP contribution in [0.15, 0.2) is 47.5 Å². The minimum atomic E-state index is -0.146. The van der Waals surface area contributed by atoms with Crippen molar-refractivity contribution in [3.8, 4) is 6.07 Å². The van der Waals surface area contributed by atoms with Gasteiger partial charge in [-0.2, -0.15) is 5.26 Å². The highest BCUT2D eigenvalue weighted by atomic mass is 35.5. The number of carbonyl (C=O) groups is 2. The Balaban J connectivity index is 0.000000807. The highest BCUT2D eigenvalue weighted by Gasteiger charge is 2.14. The normalized spacial score (nSPS) is 11.7. The van der Waals surface area contributed by atoms with E-state index in [-0.39, 0.29) is 5.91 Å². The third-order valence-corrected chi connectivity index (χ3v) is 5.87. The Hall–Kier alpha value is -2.90. The predicted molar refractivity (Wildman–Crippen MR) is 128 cm³/mol. The maximum absolute atomic E-state index is 12.2. The van der Waals surface area contributed by atoms with E-state index in [2.05, 4.69) is 27.4 Å². The number of fused-ring (bicyclic) bond motifs is 1. The quantitative estimate of drug-likeness (QED) is 0.525. The number of hydrogen-bond donors (Lipinski definition) is 3. The van der Waals surface area contributed by atoms with Crippen LogP contribution >= 0.6 is 34.7 Å². The van der Waals surface area contributed by atoms with Crippen LogP contribution in [-0.4, -0.2) is 30.6 Å². The fourth-order valence-electron chi connectivity index (χ4n) is 2.74. The zero-order valence-electron chi connectivity index (χ0n) is 16.6. The van der Waals surface area contributed by atoms with Gasteiger partial charge in [0.05, 0.1) is 32.7 Å². The lowest BCUT2D eigenvalue weighted by molar-refractivity contribution is -0.113. The molecule has 1 aliphatic rings. The summed E-state index contributed by atoms with van der Waals surface area (Å²) in [7, 11) is 1.50. The molecule has 1 aliphatic heterocycles. The number of amides is 1. The molecular weight excluding hydrogens is 454 g/mol. The number of hydrogen-bond acceptors (Lipinski definition) is 8. The summed E-state index contributed by atoms with van der Waals surface area (Å²) in [6.45, 7) is 2.00. The van der Waals surface area contributed by atoms with Gasteiger partial charge in [-0.3, -0.25) is 4.79 Å². The number of carbonyl (C=O) groups excluding carboxylic acids is 2. The van der Waals surface area contributed by atoms with Crippen LogP contribution in [0, 0.1) is 11.3 Å². The van der Waals surface area contributed by atoms with E-state index in [1.54, 1.807) is 29.2 Å². The fourth-order valence-corrected chi connectivity index (χ4v) is 4.71. The van der Waals surface area contributed by atoms with E-state index in [0.29, 0.717) is 22.7 Å². The van der Waals surface area contributed by atoms with Crippen molar-refractivity contribution in [2.45, 2.75) is 6.42 Å². The molecule has 7 nitrogen and oxygen atoms in total. The monoisotopic (exact) mass is 473 g/mol. The minimum Gasteiger partial charge on any atom is -0.371 e. The first-order valence-corrected chi connectivity index (χ1v) is 11.2. The second-order valence-electron chi connectivity index (χ2n) is 5.90. The third kappa shape index (κ3) is 6.54. The standard InChI is InChI=1S/C19H13ClN4OS2.CH5N.CH2O/c20-13-4-11(3-12(5-13)8-21)6-18-24-15-2-1-14(7-17(15)27-18)23-19(25)16-9-26-10-22-16;2*1-2/h1-5,7,9,22H,6,10H2,(H,23,25);2H2,1H3;1H2. The molecule has 0 bridgehead atoms. The number of nitrogens with zero attached hydrogens (tertiary/aromatic N) is 2. The van der Waals surface area contributed by atoms with Gasteiger partial charge in [-0.25, -0.2) is 4.98 Å². The van der Waals surface area contributed by atoms with E-state index in [0.717, 1.165) is 32.4 Å². The van der Waals surface area contributed by atoms with Crippen molar-refractivity contribution in [3.63, 3.8) is 0 Å². The zero-order chi connectivity index (χ0) is 22.8. The van der Waals surface area contributed by atoms with Crippen LogP contribution in [0.25, 0.3) is 10.2 Å². The third-order valence-electron chi connectivity index (χ3n) is 3.92. The van der Waals surface area contributed by atoms with E-state index in [1.165, 1.54) is 7.05 Å². The number of halogens is 1. The summed E-state index contributed by atoms with van der Waals surface area (Å²) in [4.78, 5) is 24.8. The average molecular weight is 474 g/mol. The topological polar surface area (TPSA) is 121 Å². The molecule has 1 amide bonds. The van der Waals surface area contributed by atoms with Crippen LogP contribution < -0.4 is 16.4 Å². The number of thiazole rings is 1. The maximum Gasteiger partial charge on any atom is 0.272 e. The smallest absolute Gasteiger partial charge is 0.272 e. The lowest BCUT2D eigenvalue weighted by atomic mass is 10.1. The van der Waals surface area contributed by atoms with Gasteiger partial charge in [0.2, 0.25) is 0 Å². The molecule has 0 atom stereocenters. The van der Waals surface area contributed by atoms with Crippen LogP contribution in [0.1, 0.15) is 16.1 Å². The summed E-state index contributed by atoms with van der Waals surface area (Å²) in [6, 6.07) is 13.1. The summed E-state index contributed by atoms with van der Waals surface area (Å²) in [5, 5.41) is 18.3. The number of thioether (sulfide) groups is 1. The Bertz CT molecular complexity index is 1140. The Kier molecular flexibility index (Phi) is 9.49. The van der Waals surface area contributed by atoms with Crippen molar-refractivity contribution >= 4 is 63.3 Å². The van der Waals surface area contributed by atoms with Gasteiger partial charge in [-0.15, -0.1) is 23.1 Å². The molecule has 0 spiro atoms. The van der Waals surface area contributed by atoms with E-state index < -0.39 is 0 Å². The summed E-state index contributed by atoms with van der Waals surface area (Å²) >= 11 is 9.20. The fraction of sp³-hybridized carbons (Fsp3) is 0.143. The molecule has 0 saturated heterocycles. The highest BCUT2D eigenvalue weighted by Crippen LogP contribution is 2.28. The second kappa shape index (κ2) is 12.1. The number of anilines is 1. The number of benzene rings is 2. The summed E-state index contributed by atoms with van der Waals surface area (Å²) < 4.78 is 0.994. The predicted octanol–water partition coefficient (Wildman–Crippen LogP) is 3.88. The van der Waals surface area contributed by atoms with Gasteiger partial charge in [0.25, 0.3) is 5.91 Å². The van der Waals surface area contributed by atoms with Crippen LogP contribution in [0.2, 0.25) is 5.02 Å². The number of nitrogens with one attached hydrogen (secondary N) is 2. The van der Waals surface area contributed by atoms with Crippen LogP contribution in [0.3, 0.4) is 0 Å². The van der Waals surface area contributed by atoms with Gasteiger partial charge in [0.1, 0.15) is 12.5 Å². The molecular formula is C21H20ClN5O2S2. The van der Waals surface area contributed by atoms with E-state index in [1.807, 2.05) is 42.5 Å². The van der Waals surface area contributed by atoms with Crippen molar-refractivity contribution < 1.29 is 9.59 Å². The zero-order valence-corrected chi connectivity index (χ0v) is 19.0. The Labute approximate surface area is 193 Å². The van der Waals surface area contributed by atoms with Gasteiger partial charge >= 0.3 is 0 Å². The van der Waals surface area contributed by atoms with Gasteiger partial charge in [-0.05, 0) is 49.0 Å². The van der Waals surface area contributed by atoms with Gasteiger partial charge in [0.15, 0.2) is 0 Å². The number of aromatic nitrogens is 1. The molecule has 1 aromatic heterocycles. The highest BCUT2D eigenvalue weighted by molar-refractivity contribution is 8.02. The molecule has 0 radical (unpaired) electrons. The van der Waals surface area contributed by atoms with Crippen molar-refractivity contribution in [3.05, 3.63) is 68.7 Å². The van der Waals surface area contributed by atoms with Crippen molar-refractivity contribution in [2.24, 2.45) is 5.73 Å². The Morgan fingerprint density at radius 1 is 1.32 bits per heavy atom. The molecule has 3 aromatic rings. The lowest BCUT2D eigenvalue weighted by Gasteiger charge is -2.05. The van der Waals surface area contributed by atoms with Gasteiger partial charge in [-0.1, -0.05) is 11.6 Å². The Morgan fingerprint density at radius 3 is 2.77 bits per heavy atom. The van der Waals surface area contributed by atoms with E-state index >= 15 is 0 Å². The van der Waals surface area contributed by atoms with Crippen LogP contribution in [0.4, 0.5) is 5.69 Å². The molecule has 10 heteroatoms. The molecule has 0 fully saturated rings. The molecule has 0 aliphatic carbocycles. The number of nitriles is 1. The lowest BCUT2D eigenvalue weighted by Crippen LogP contribution is -2.22. The molecule has 0 unspecified atom stereocenters. The Morgan fingerprint density at radius 2 is 2.10 bits per heavy atom. The number of nitrogens with two attached hydrogens (primary N) is 1. The first-order chi connectivity index (χ1) is 15.1. The number of rotatable bonds is 4. The average Bonchev–Trinajstić information content (AvgIpc) is 3.45. The van der Waals surface area contributed by atoms with Crippen LogP contribution in [-0.2, 0) is 16.0 Å². The minimum absolute atomic E-state index is 0.146. The summed E-state index contributed by atoms with van der Waals surface area (Å²) in [6.07, 6.45) is 0.601. The molecule has 4 rings (SSSR count). The molecule has 31 heavy (non-hydrogen) atoms. The molecule has 0 saturated carbocycles. The second-order valence-corrected chi connectivity index (χ2v) is 8.31. The SMILES string of the molecule is C=O.CN.N#Cc1cc(Cl)cc(Cc2nc3ccc(NC(=O)C4=CSCN4)cc3s2)c1.